The number of anilines is 1. The van der Waals surface area contributed by atoms with Crippen molar-refractivity contribution < 1.29 is 9.18 Å². The Hall–Kier alpha value is -3.19. The molecule has 0 aliphatic rings. The van der Waals surface area contributed by atoms with Crippen LogP contribution in [0.25, 0.3) is 22.2 Å². The van der Waals surface area contributed by atoms with Crippen LogP contribution in [-0.4, -0.2) is 26.8 Å². The maximum atomic E-state index is 13.8. The lowest BCUT2D eigenvalue weighted by molar-refractivity contribution is -0.113. The number of nitrogens with one attached hydrogen (secondary N) is 2. The monoisotopic (exact) mass is 378 g/mol. The van der Waals surface area contributed by atoms with E-state index in [1.165, 1.54) is 17.8 Å². The molecule has 1 aromatic heterocycles. The second kappa shape index (κ2) is 7.59. The molecule has 0 atom stereocenters. The molecule has 4 rings (SSSR count). The Balaban J connectivity index is 1.42. The van der Waals surface area contributed by atoms with Crippen LogP contribution < -0.4 is 5.32 Å². The summed E-state index contributed by atoms with van der Waals surface area (Å²) < 4.78 is 13.8. The molecule has 0 spiro atoms. The van der Waals surface area contributed by atoms with Gasteiger partial charge >= 0.3 is 0 Å². The summed E-state index contributed by atoms with van der Waals surface area (Å²) in [6.45, 7) is 0. The Morgan fingerprint density at radius 2 is 1.81 bits per heavy atom. The SMILES string of the molecule is O=C(CSc1n[nH]c(-c2ccccc2F)n1)Nc1cccc2ccccc12. The predicted molar refractivity (Wildman–Crippen MR) is 105 cm³/mol. The van der Waals surface area contributed by atoms with E-state index in [1.54, 1.807) is 18.2 Å². The lowest BCUT2D eigenvalue weighted by Gasteiger charge is -2.08. The molecule has 1 heterocycles. The summed E-state index contributed by atoms with van der Waals surface area (Å²) >= 11 is 1.19. The fourth-order valence-corrected chi connectivity index (χ4v) is 3.33. The zero-order valence-electron chi connectivity index (χ0n) is 14.1. The zero-order chi connectivity index (χ0) is 18.6. The summed E-state index contributed by atoms with van der Waals surface area (Å²) in [5, 5.41) is 12.1. The molecule has 3 aromatic carbocycles. The van der Waals surface area contributed by atoms with Crippen molar-refractivity contribution in [1.29, 1.82) is 0 Å². The number of hydrogen-bond acceptors (Lipinski definition) is 4. The number of carbonyl (C=O) groups excluding carboxylic acids is 1. The first-order chi connectivity index (χ1) is 13.2. The van der Waals surface area contributed by atoms with Gasteiger partial charge in [-0.15, -0.1) is 5.10 Å². The number of nitrogens with zero attached hydrogens (tertiary/aromatic N) is 2. The number of carbonyl (C=O) groups is 1. The topological polar surface area (TPSA) is 70.7 Å². The standard InChI is InChI=1S/C20H15FN4OS/c21-16-10-4-3-9-15(16)19-23-20(25-24-19)27-12-18(26)22-17-11-5-7-13-6-1-2-8-14(13)17/h1-11H,12H2,(H,22,26)(H,23,24,25). The fraction of sp³-hybridized carbons (Fsp3) is 0.0500. The average molecular weight is 378 g/mol. The van der Waals surface area contributed by atoms with Gasteiger partial charge in [0.15, 0.2) is 5.82 Å². The first-order valence-corrected chi connectivity index (χ1v) is 9.27. The van der Waals surface area contributed by atoms with Crippen molar-refractivity contribution >= 4 is 34.1 Å². The first-order valence-electron chi connectivity index (χ1n) is 8.28. The minimum absolute atomic E-state index is 0.151. The van der Waals surface area contributed by atoms with E-state index in [-0.39, 0.29) is 17.5 Å². The molecule has 27 heavy (non-hydrogen) atoms. The third-order valence-electron chi connectivity index (χ3n) is 3.99. The van der Waals surface area contributed by atoms with E-state index >= 15 is 0 Å². The van der Waals surface area contributed by atoms with Crippen molar-refractivity contribution in [2.45, 2.75) is 5.16 Å². The van der Waals surface area contributed by atoms with Gasteiger partial charge in [-0.2, -0.15) is 0 Å². The molecule has 0 saturated heterocycles. The fourth-order valence-electron chi connectivity index (χ4n) is 2.74. The molecule has 4 aromatic rings. The Bertz CT molecular complexity index is 1110. The van der Waals surface area contributed by atoms with Crippen LogP contribution in [0, 0.1) is 5.82 Å². The summed E-state index contributed by atoms with van der Waals surface area (Å²) in [4.78, 5) is 16.5. The van der Waals surface area contributed by atoms with Crippen LogP contribution in [0.2, 0.25) is 0 Å². The molecular formula is C20H15FN4OS. The van der Waals surface area contributed by atoms with E-state index in [0.29, 0.717) is 16.5 Å². The summed E-state index contributed by atoms with van der Waals surface area (Å²) in [5.74, 6) is -0.0461. The number of fused-ring (bicyclic) bond motifs is 1. The van der Waals surface area contributed by atoms with E-state index in [4.69, 9.17) is 0 Å². The second-order valence-corrected chi connectivity index (χ2v) is 6.75. The van der Waals surface area contributed by atoms with Gasteiger partial charge in [0.1, 0.15) is 5.82 Å². The predicted octanol–water partition coefficient (Wildman–Crippen LogP) is 4.49. The second-order valence-electron chi connectivity index (χ2n) is 5.81. The lowest BCUT2D eigenvalue weighted by Crippen LogP contribution is -2.14. The van der Waals surface area contributed by atoms with Crippen molar-refractivity contribution in [2.75, 3.05) is 11.1 Å². The van der Waals surface area contributed by atoms with Gasteiger partial charge in [-0.3, -0.25) is 9.89 Å². The highest BCUT2D eigenvalue weighted by molar-refractivity contribution is 7.99. The Morgan fingerprint density at radius 3 is 2.70 bits per heavy atom. The molecule has 0 aliphatic heterocycles. The van der Waals surface area contributed by atoms with Gasteiger partial charge in [0.2, 0.25) is 11.1 Å². The van der Waals surface area contributed by atoms with Gasteiger partial charge in [-0.05, 0) is 23.6 Å². The van der Waals surface area contributed by atoms with E-state index in [9.17, 15) is 9.18 Å². The van der Waals surface area contributed by atoms with E-state index in [1.807, 2.05) is 42.5 Å². The van der Waals surface area contributed by atoms with Crippen molar-refractivity contribution in [1.82, 2.24) is 15.2 Å². The van der Waals surface area contributed by atoms with E-state index < -0.39 is 0 Å². The van der Waals surface area contributed by atoms with Gasteiger partial charge in [0.05, 0.1) is 11.3 Å². The number of hydrogen-bond donors (Lipinski definition) is 2. The number of thioether (sulfide) groups is 1. The molecule has 134 valence electrons. The normalized spacial score (nSPS) is 10.9. The van der Waals surface area contributed by atoms with Crippen LogP contribution in [-0.2, 0) is 4.79 Å². The van der Waals surface area contributed by atoms with Crippen molar-refractivity contribution in [3.8, 4) is 11.4 Å². The Morgan fingerprint density at radius 1 is 1.04 bits per heavy atom. The molecule has 1 amide bonds. The molecule has 0 saturated carbocycles. The van der Waals surface area contributed by atoms with Gasteiger partial charge in [0.25, 0.3) is 0 Å². The molecule has 7 heteroatoms. The molecule has 5 nitrogen and oxygen atoms in total. The van der Waals surface area contributed by atoms with Gasteiger partial charge in [-0.1, -0.05) is 60.3 Å². The summed E-state index contributed by atoms with van der Waals surface area (Å²) in [6.07, 6.45) is 0. The Labute approximate surface area is 159 Å². The number of benzene rings is 3. The van der Waals surface area contributed by atoms with Gasteiger partial charge < -0.3 is 5.32 Å². The summed E-state index contributed by atoms with van der Waals surface area (Å²) in [5.41, 5.74) is 1.11. The third-order valence-corrected chi connectivity index (χ3v) is 4.84. The summed E-state index contributed by atoms with van der Waals surface area (Å²) in [6, 6.07) is 20.0. The van der Waals surface area contributed by atoms with Crippen LogP contribution in [0.15, 0.2) is 71.9 Å². The molecule has 0 unspecified atom stereocenters. The average Bonchev–Trinajstić information content (AvgIpc) is 3.16. The molecule has 0 bridgehead atoms. The molecular weight excluding hydrogens is 363 g/mol. The van der Waals surface area contributed by atoms with Gasteiger partial charge in [-0.25, -0.2) is 9.37 Å². The zero-order valence-corrected chi connectivity index (χ0v) is 15.0. The number of aromatic amines is 1. The molecule has 0 aliphatic carbocycles. The van der Waals surface area contributed by atoms with Crippen molar-refractivity contribution in [3.63, 3.8) is 0 Å². The molecule has 2 N–H and O–H groups in total. The van der Waals surface area contributed by atoms with Crippen LogP contribution in [0.1, 0.15) is 0 Å². The molecule has 0 radical (unpaired) electrons. The quantitative estimate of drug-likeness (QED) is 0.502. The smallest absolute Gasteiger partial charge is 0.234 e. The Kier molecular flexibility index (Phi) is 4.84. The largest absolute Gasteiger partial charge is 0.325 e. The summed E-state index contributed by atoms with van der Waals surface area (Å²) in [7, 11) is 0. The number of H-pyrrole nitrogens is 1. The number of rotatable bonds is 5. The van der Waals surface area contributed by atoms with Crippen molar-refractivity contribution in [3.05, 3.63) is 72.5 Å². The maximum absolute atomic E-state index is 13.8. The highest BCUT2D eigenvalue weighted by Crippen LogP contribution is 2.24. The van der Waals surface area contributed by atoms with E-state index in [2.05, 4.69) is 20.5 Å². The van der Waals surface area contributed by atoms with Crippen molar-refractivity contribution in [2.24, 2.45) is 0 Å². The van der Waals surface area contributed by atoms with E-state index in [0.717, 1.165) is 16.5 Å². The first kappa shape index (κ1) is 17.2. The number of aromatic nitrogens is 3. The van der Waals surface area contributed by atoms with Crippen LogP contribution in [0.4, 0.5) is 10.1 Å². The molecule has 0 fully saturated rings. The number of amides is 1. The van der Waals surface area contributed by atoms with Crippen LogP contribution in [0.3, 0.4) is 0 Å². The van der Waals surface area contributed by atoms with Crippen LogP contribution in [0.5, 0.6) is 0 Å². The lowest BCUT2D eigenvalue weighted by atomic mass is 10.1. The minimum Gasteiger partial charge on any atom is -0.325 e. The number of halogens is 1. The minimum atomic E-state index is -0.376. The van der Waals surface area contributed by atoms with Gasteiger partial charge in [0, 0.05) is 11.1 Å². The maximum Gasteiger partial charge on any atom is 0.234 e. The van der Waals surface area contributed by atoms with Crippen LogP contribution >= 0.6 is 11.8 Å². The highest BCUT2D eigenvalue weighted by Gasteiger charge is 2.12. The highest BCUT2D eigenvalue weighted by atomic mass is 32.2. The third kappa shape index (κ3) is 3.83.